The van der Waals surface area contributed by atoms with E-state index in [9.17, 15) is 9.18 Å². The van der Waals surface area contributed by atoms with Gasteiger partial charge < -0.3 is 5.32 Å². The Morgan fingerprint density at radius 3 is 2.43 bits per heavy atom. The number of carbonyl (C=O) groups excluding carboxylic acids is 1. The topological polar surface area (TPSA) is 29.1 Å². The number of benzene rings is 2. The number of anilines is 1. The van der Waals surface area contributed by atoms with Crippen molar-refractivity contribution in [2.24, 2.45) is 0 Å². The molecule has 0 fully saturated rings. The van der Waals surface area contributed by atoms with E-state index in [1.807, 2.05) is 0 Å². The van der Waals surface area contributed by atoms with Gasteiger partial charge in [0.25, 0.3) is 0 Å². The van der Waals surface area contributed by atoms with E-state index in [1.165, 1.54) is 18.2 Å². The van der Waals surface area contributed by atoms with Crippen molar-refractivity contribution in [2.45, 2.75) is 6.92 Å². The van der Waals surface area contributed by atoms with Crippen molar-refractivity contribution in [3.05, 3.63) is 75.7 Å². The second kappa shape index (κ2) is 6.74. The number of nitrogens with one attached hydrogen (secondary N) is 1. The average Bonchev–Trinajstić information content (AvgIpc) is 2.43. The number of halogens is 3. The lowest BCUT2D eigenvalue weighted by molar-refractivity contribution is 0.104. The van der Waals surface area contributed by atoms with Crippen molar-refractivity contribution in [3.63, 3.8) is 0 Å². The van der Waals surface area contributed by atoms with Crippen LogP contribution in [0.25, 0.3) is 0 Å². The van der Waals surface area contributed by atoms with Gasteiger partial charge in [-0.1, -0.05) is 23.2 Å². The van der Waals surface area contributed by atoms with Crippen molar-refractivity contribution in [2.75, 3.05) is 5.32 Å². The Kier molecular flexibility index (Phi) is 4.99. The molecule has 0 amide bonds. The highest BCUT2D eigenvalue weighted by Crippen LogP contribution is 2.20. The van der Waals surface area contributed by atoms with Crippen LogP contribution in [0.5, 0.6) is 0 Å². The van der Waals surface area contributed by atoms with Crippen molar-refractivity contribution >= 4 is 34.7 Å². The number of rotatable bonds is 4. The lowest BCUT2D eigenvalue weighted by atomic mass is 10.1. The molecule has 1 N–H and O–H groups in total. The molecular formula is C16H12Cl2FNO. The molecule has 0 aliphatic heterocycles. The molecule has 2 rings (SSSR count). The predicted octanol–water partition coefficient (Wildman–Crippen LogP) is 5.33. The summed E-state index contributed by atoms with van der Waals surface area (Å²) in [5.74, 6) is -0.633. The molecule has 0 saturated heterocycles. The molecule has 2 aromatic carbocycles. The summed E-state index contributed by atoms with van der Waals surface area (Å²) in [4.78, 5) is 12.0. The Labute approximate surface area is 132 Å². The summed E-state index contributed by atoms with van der Waals surface area (Å²) in [5.41, 5.74) is 1.77. The number of carbonyl (C=O) groups is 1. The van der Waals surface area contributed by atoms with Gasteiger partial charge in [-0.3, -0.25) is 4.79 Å². The summed E-state index contributed by atoms with van der Waals surface area (Å²) < 4.78 is 13.1. The first-order chi connectivity index (χ1) is 9.95. The minimum absolute atomic E-state index is 0.0248. The maximum absolute atomic E-state index is 13.1. The van der Waals surface area contributed by atoms with Crippen LogP contribution in [0.3, 0.4) is 0 Å². The van der Waals surface area contributed by atoms with Gasteiger partial charge in [-0.25, -0.2) is 4.39 Å². The molecule has 0 aliphatic carbocycles. The highest BCUT2D eigenvalue weighted by Gasteiger charge is 2.04. The van der Waals surface area contributed by atoms with Crippen LogP contribution in [0.1, 0.15) is 17.3 Å². The maximum Gasteiger partial charge on any atom is 0.187 e. The maximum atomic E-state index is 13.1. The van der Waals surface area contributed by atoms with Gasteiger partial charge in [-0.15, -0.1) is 0 Å². The first kappa shape index (κ1) is 15.5. The van der Waals surface area contributed by atoms with E-state index in [0.717, 1.165) is 0 Å². The van der Waals surface area contributed by atoms with E-state index in [1.54, 1.807) is 37.3 Å². The number of hydrogen-bond acceptors (Lipinski definition) is 2. The summed E-state index contributed by atoms with van der Waals surface area (Å²) in [6.45, 7) is 1.74. The minimum Gasteiger partial charge on any atom is -0.359 e. The van der Waals surface area contributed by atoms with E-state index in [2.05, 4.69) is 5.32 Å². The third-order valence-corrected chi connectivity index (χ3v) is 3.28. The zero-order valence-corrected chi connectivity index (χ0v) is 12.7. The molecule has 0 unspecified atom stereocenters. The molecule has 0 heterocycles. The fraction of sp³-hybridized carbons (Fsp3) is 0.0625. The average molecular weight is 324 g/mol. The first-order valence-corrected chi connectivity index (χ1v) is 6.91. The molecule has 5 heteroatoms. The van der Waals surface area contributed by atoms with Crippen LogP contribution < -0.4 is 5.32 Å². The second-order valence-corrected chi connectivity index (χ2v) is 5.30. The van der Waals surface area contributed by atoms with Gasteiger partial charge in [0.05, 0.1) is 5.02 Å². The van der Waals surface area contributed by atoms with Gasteiger partial charge in [-0.05, 0) is 49.4 Å². The highest BCUT2D eigenvalue weighted by atomic mass is 35.5. The molecule has 2 aromatic rings. The Morgan fingerprint density at radius 2 is 1.81 bits per heavy atom. The SMILES string of the molecule is CC(=CC(=O)c1ccc(Cl)cc1)Nc1ccc(F)c(Cl)c1. The van der Waals surface area contributed by atoms with Crippen molar-refractivity contribution in [1.82, 2.24) is 0 Å². The molecule has 108 valence electrons. The Bertz CT molecular complexity index is 696. The second-order valence-electron chi connectivity index (χ2n) is 4.45. The number of hydrogen-bond donors (Lipinski definition) is 1. The lowest BCUT2D eigenvalue weighted by Gasteiger charge is -2.07. The molecule has 0 bridgehead atoms. The number of ketones is 1. The van der Waals surface area contributed by atoms with Crippen LogP contribution in [0.15, 0.2) is 54.2 Å². The zero-order chi connectivity index (χ0) is 15.4. The Balaban J connectivity index is 2.11. The van der Waals surface area contributed by atoms with E-state index >= 15 is 0 Å². The zero-order valence-electron chi connectivity index (χ0n) is 11.2. The molecule has 0 spiro atoms. The first-order valence-electron chi connectivity index (χ1n) is 6.16. The van der Waals surface area contributed by atoms with E-state index in [-0.39, 0.29) is 10.8 Å². The van der Waals surface area contributed by atoms with Crippen LogP contribution in [-0.4, -0.2) is 5.78 Å². The molecule has 0 saturated carbocycles. The molecule has 21 heavy (non-hydrogen) atoms. The third kappa shape index (κ3) is 4.31. The fourth-order valence-corrected chi connectivity index (χ4v) is 2.04. The predicted molar refractivity (Wildman–Crippen MR) is 84.6 cm³/mol. The quantitative estimate of drug-likeness (QED) is 0.608. The normalized spacial score (nSPS) is 11.3. The molecule has 0 aliphatic rings. The molecule has 0 radical (unpaired) electrons. The standard InChI is InChI=1S/C16H12Cl2FNO/c1-10(20-13-6-7-15(19)14(18)9-13)8-16(21)11-2-4-12(17)5-3-11/h2-9,20H,1H3. The largest absolute Gasteiger partial charge is 0.359 e. The van der Waals surface area contributed by atoms with Gasteiger partial charge in [0.15, 0.2) is 5.78 Å². The molecule has 0 aromatic heterocycles. The van der Waals surface area contributed by atoms with Crippen LogP contribution in [-0.2, 0) is 0 Å². The summed E-state index contributed by atoms with van der Waals surface area (Å²) in [6, 6.07) is 10.9. The van der Waals surface area contributed by atoms with Gasteiger partial charge in [0.1, 0.15) is 5.82 Å². The van der Waals surface area contributed by atoms with Gasteiger partial charge in [0, 0.05) is 28.0 Å². The smallest absolute Gasteiger partial charge is 0.187 e. The van der Waals surface area contributed by atoms with E-state index in [4.69, 9.17) is 23.2 Å². The van der Waals surface area contributed by atoms with Crippen LogP contribution >= 0.6 is 23.2 Å². The summed E-state index contributed by atoms with van der Waals surface area (Å²) in [6.07, 6.45) is 1.46. The van der Waals surface area contributed by atoms with Gasteiger partial charge >= 0.3 is 0 Å². The molecule has 0 atom stereocenters. The van der Waals surface area contributed by atoms with Crippen molar-refractivity contribution in [1.29, 1.82) is 0 Å². The van der Waals surface area contributed by atoms with E-state index < -0.39 is 5.82 Å². The Hall–Kier alpha value is -1.84. The van der Waals surface area contributed by atoms with Gasteiger partial charge in [-0.2, -0.15) is 0 Å². The summed E-state index contributed by atoms with van der Waals surface area (Å²) >= 11 is 11.5. The lowest BCUT2D eigenvalue weighted by Crippen LogP contribution is -2.01. The van der Waals surface area contributed by atoms with Gasteiger partial charge in [0.2, 0.25) is 0 Å². The highest BCUT2D eigenvalue weighted by molar-refractivity contribution is 6.31. The minimum atomic E-state index is -0.485. The van der Waals surface area contributed by atoms with Crippen LogP contribution in [0, 0.1) is 5.82 Å². The Morgan fingerprint density at radius 1 is 1.14 bits per heavy atom. The summed E-state index contributed by atoms with van der Waals surface area (Å²) in [7, 11) is 0. The molecule has 2 nitrogen and oxygen atoms in total. The van der Waals surface area contributed by atoms with E-state index in [0.29, 0.717) is 22.0 Å². The van der Waals surface area contributed by atoms with Crippen LogP contribution in [0.4, 0.5) is 10.1 Å². The number of allylic oxidation sites excluding steroid dienone is 2. The summed E-state index contributed by atoms with van der Waals surface area (Å²) in [5, 5.41) is 3.59. The van der Waals surface area contributed by atoms with Crippen molar-refractivity contribution in [3.8, 4) is 0 Å². The molecular weight excluding hydrogens is 312 g/mol. The monoisotopic (exact) mass is 323 g/mol. The third-order valence-electron chi connectivity index (χ3n) is 2.74. The van der Waals surface area contributed by atoms with Crippen LogP contribution in [0.2, 0.25) is 10.0 Å². The fourth-order valence-electron chi connectivity index (χ4n) is 1.73. The van der Waals surface area contributed by atoms with Crippen molar-refractivity contribution < 1.29 is 9.18 Å².